The summed E-state index contributed by atoms with van der Waals surface area (Å²) in [5, 5.41) is 22.4. The number of thiophene rings is 1. The number of hydrogen-bond acceptors (Lipinski definition) is 5. The van der Waals surface area contributed by atoms with E-state index >= 15 is 0 Å². The number of likely N-dealkylation sites (tertiary alicyclic amines) is 1. The van der Waals surface area contributed by atoms with Crippen LogP contribution in [0.2, 0.25) is 0 Å². The minimum atomic E-state index is -0.595. The number of halogens is 1. The topological polar surface area (TPSA) is 56.2 Å². The Morgan fingerprint density at radius 3 is 2.67 bits per heavy atom. The number of aliphatic hydroxyl groups is 1. The predicted octanol–water partition coefficient (Wildman–Crippen LogP) is 3.35. The SMILES string of the molecule is Oc1ccc(C2OC2CN2C[C@@H]3C[C@@](O)(Cc4cccs4)C[C@@H]3C2)cc1F. The van der Waals surface area contributed by atoms with Crippen molar-refractivity contribution in [3.8, 4) is 5.75 Å². The Morgan fingerprint density at radius 2 is 2.00 bits per heavy atom. The predicted molar refractivity (Wildman–Crippen MR) is 101 cm³/mol. The van der Waals surface area contributed by atoms with Crippen molar-refractivity contribution >= 4 is 11.3 Å². The van der Waals surface area contributed by atoms with Crippen LogP contribution in [0.15, 0.2) is 35.7 Å². The Kier molecular flexibility index (Phi) is 4.27. The Hall–Kier alpha value is -1.47. The zero-order valence-corrected chi connectivity index (χ0v) is 15.9. The number of epoxide rings is 1. The summed E-state index contributed by atoms with van der Waals surface area (Å²) in [5.74, 6) is 0.192. The minimum Gasteiger partial charge on any atom is -0.505 e. The van der Waals surface area contributed by atoms with Gasteiger partial charge >= 0.3 is 0 Å². The zero-order chi connectivity index (χ0) is 18.6. The summed E-state index contributed by atoms with van der Waals surface area (Å²) in [7, 11) is 0. The maximum atomic E-state index is 13.5. The van der Waals surface area contributed by atoms with Crippen LogP contribution in [0.4, 0.5) is 4.39 Å². The molecule has 5 rings (SSSR count). The maximum absolute atomic E-state index is 13.5. The second-order valence-electron chi connectivity index (χ2n) is 8.43. The molecule has 1 aromatic heterocycles. The molecule has 3 heterocycles. The molecule has 2 unspecified atom stereocenters. The molecule has 0 spiro atoms. The number of hydrogen-bond donors (Lipinski definition) is 2. The molecule has 4 nitrogen and oxygen atoms in total. The maximum Gasteiger partial charge on any atom is 0.165 e. The average molecular weight is 389 g/mol. The Labute approximate surface area is 162 Å². The smallest absolute Gasteiger partial charge is 0.165 e. The fraction of sp³-hybridized carbons (Fsp3) is 0.524. The third-order valence-electron chi connectivity index (χ3n) is 6.34. The number of phenols is 1. The molecule has 0 amide bonds. The first-order valence-electron chi connectivity index (χ1n) is 9.60. The van der Waals surface area contributed by atoms with Gasteiger partial charge in [-0.3, -0.25) is 0 Å². The first-order chi connectivity index (χ1) is 13.0. The molecule has 2 N–H and O–H groups in total. The second-order valence-corrected chi connectivity index (χ2v) is 9.47. The molecule has 1 aliphatic carbocycles. The van der Waals surface area contributed by atoms with Gasteiger partial charge in [-0.05, 0) is 53.8 Å². The standard InChI is InChI=1S/C21H24FNO3S/c22-17-6-13(3-4-18(17)24)20-19(26-20)12-23-10-14-7-21(25,8-15(14)11-23)9-16-2-1-5-27-16/h1-6,14-15,19-20,24-25H,7-12H2/t14-,15+,19?,20?,21-. The third-order valence-corrected chi connectivity index (χ3v) is 7.22. The van der Waals surface area contributed by atoms with Gasteiger partial charge in [0.1, 0.15) is 12.2 Å². The molecule has 6 heteroatoms. The first kappa shape index (κ1) is 17.6. The highest BCUT2D eigenvalue weighted by molar-refractivity contribution is 7.09. The van der Waals surface area contributed by atoms with Crippen molar-refractivity contribution in [2.45, 2.75) is 37.1 Å². The van der Waals surface area contributed by atoms with E-state index in [1.165, 1.54) is 17.0 Å². The highest BCUT2D eigenvalue weighted by Crippen LogP contribution is 2.47. The van der Waals surface area contributed by atoms with E-state index in [1.54, 1.807) is 17.4 Å². The molecule has 2 saturated heterocycles. The van der Waals surface area contributed by atoms with Crippen molar-refractivity contribution in [3.05, 3.63) is 52.0 Å². The van der Waals surface area contributed by atoms with E-state index in [-0.39, 0.29) is 18.0 Å². The summed E-state index contributed by atoms with van der Waals surface area (Å²) < 4.78 is 19.3. The quantitative estimate of drug-likeness (QED) is 0.770. The normalized spacial score (nSPS) is 35.5. The van der Waals surface area contributed by atoms with E-state index in [2.05, 4.69) is 16.3 Å². The summed E-state index contributed by atoms with van der Waals surface area (Å²) in [4.78, 5) is 3.70. The molecule has 144 valence electrons. The lowest BCUT2D eigenvalue weighted by Crippen LogP contribution is -2.33. The van der Waals surface area contributed by atoms with Gasteiger partial charge < -0.3 is 19.8 Å². The molecule has 2 aliphatic heterocycles. The molecule has 0 radical (unpaired) electrons. The Bertz CT molecular complexity index is 813. The number of phenolic OH excluding ortho intramolecular Hbond substituents is 1. The van der Waals surface area contributed by atoms with Gasteiger partial charge in [0.15, 0.2) is 11.6 Å². The number of rotatable bonds is 5. The molecular weight excluding hydrogens is 365 g/mol. The fourth-order valence-electron chi connectivity index (χ4n) is 5.12. The summed E-state index contributed by atoms with van der Waals surface area (Å²) >= 11 is 1.72. The van der Waals surface area contributed by atoms with E-state index in [4.69, 9.17) is 4.74 Å². The van der Waals surface area contributed by atoms with E-state index in [9.17, 15) is 14.6 Å². The second kappa shape index (κ2) is 6.55. The van der Waals surface area contributed by atoms with Gasteiger partial charge in [0.2, 0.25) is 0 Å². The van der Waals surface area contributed by atoms with Crippen LogP contribution in [0, 0.1) is 17.7 Å². The summed E-state index contributed by atoms with van der Waals surface area (Å²) in [6.45, 7) is 2.87. The van der Waals surface area contributed by atoms with Crippen LogP contribution >= 0.6 is 11.3 Å². The molecule has 0 bridgehead atoms. The monoisotopic (exact) mass is 389 g/mol. The van der Waals surface area contributed by atoms with Crippen LogP contribution in [-0.2, 0) is 11.2 Å². The zero-order valence-electron chi connectivity index (χ0n) is 15.1. The molecule has 5 atom stereocenters. The number of fused-ring (bicyclic) bond motifs is 1. The molecule has 3 fully saturated rings. The third kappa shape index (κ3) is 3.51. The Balaban J connectivity index is 1.14. The van der Waals surface area contributed by atoms with Crippen molar-refractivity contribution in [1.82, 2.24) is 4.90 Å². The van der Waals surface area contributed by atoms with E-state index in [1.807, 2.05) is 6.07 Å². The summed E-state index contributed by atoms with van der Waals surface area (Å²) in [6, 6.07) is 8.64. The number of benzene rings is 1. The highest BCUT2D eigenvalue weighted by atomic mass is 32.1. The lowest BCUT2D eigenvalue weighted by molar-refractivity contribution is 0.0360. The molecule has 2 aromatic rings. The van der Waals surface area contributed by atoms with Crippen LogP contribution in [0.25, 0.3) is 0 Å². The van der Waals surface area contributed by atoms with Crippen molar-refractivity contribution in [1.29, 1.82) is 0 Å². The van der Waals surface area contributed by atoms with E-state index in [0.29, 0.717) is 11.8 Å². The van der Waals surface area contributed by atoms with Gasteiger partial charge in [-0.1, -0.05) is 12.1 Å². The highest BCUT2D eigenvalue weighted by Gasteiger charge is 2.50. The number of aromatic hydroxyl groups is 1. The van der Waals surface area contributed by atoms with Gasteiger partial charge in [0.05, 0.1) is 5.60 Å². The van der Waals surface area contributed by atoms with Crippen molar-refractivity contribution < 1.29 is 19.3 Å². The van der Waals surface area contributed by atoms with Crippen LogP contribution in [-0.4, -0.2) is 46.5 Å². The number of ether oxygens (including phenoxy) is 1. The summed E-state index contributed by atoms with van der Waals surface area (Å²) in [5.41, 5.74) is 0.245. The summed E-state index contributed by atoms with van der Waals surface area (Å²) in [6.07, 6.45) is 2.56. The molecule has 27 heavy (non-hydrogen) atoms. The van der Waals surface area contributed by atoms with Gasteiger partial charge in [-0.2, -0.15) is 0 Å². The largest absolute Gasteiger partial charge is 0.505 e. The van der Waals surface area contributed by atoms with Crippen LogP contribution < -0.4 is 0 Å². The average Bonchev–Trinajstić information content (AvgIpc) is 2.90. The van der Waals surface area contributed by atoms with Gasteiger partial charge in [0.25, 0.3) is 0 Å². The molecule has 3 aliphatic rings. The fourth-order valence-corrected chi connectivity index (χ4v) is 5.96. The van der Waals surface area contributed by atoms with Gasteiger partial charge in [0, 0.05) is 30.9 Å². The van der Waals surface area contributed by atoms with Crippen molar-refractivity contribution in [2.24, 2.45) is 11.8 Å². The van der Waals surface area contributed by atoms with Crippen LogP contribution in [0.1, 0.15) is 29.4 Å². The molecule has 1 aromatic carbocycles. The van der Waals surface area contributed by atoms with Crippen LogP contribution in [0.3, 0.4) is 0 Å². The molecular formula is C21H24FNO3S. The van der Waals surface area contributed by atoms with E-state index in [0.717, 1.165) is 44.5 Å². The van der Waals surface area contributed by atoms with Crippen LogP contribution in [0.5, 0.6) is 5.75 Å². The first-order valence-corrected chi connectivity index (χ1v) is 10.5. The lowest BCUT2D eigenvalue weighted by Gasteiger charge is -2.25. The van der Waals surface area contributed by atoms with Gasteiger partial charge in [-0.25, -0.2) is 4.39 Å². The Morgan fingerprint density at radius 1 is 1.22 bits per heavy atom. The van der Waals surface area contributed by atoms with Gasteiger partial charge in [-0.15, -0.1) is 11.3 Å². The minimum absolute atomic E-state index is 0.0729. The van der Waals surface area contributed by atoms with Crippen molar-refractivity contribution in [3.63, 3.8) is 0 Å². The lowest BCUT2D eigenvalue weighted by atomic mass is 9.95. The molecule has 1 saturated carbocycles. The van der Waals surface area contributed by atoms with Crippen molar-refractivity contribution in [2.75, 3.05) is 19.6 Å². The number of nitrogens with zero attached hydrogens (tertiary/aromatic N) is 1. The van der Waals surface area contributed by atoms with E-state index < -0.39 is 11.4 Å².